The summed E-state index contributed by atoms with van der Waals surface area (Å²) in [6.07, 6.45) is 1.77. The number of nitrogens with zero attached hydrogens (tertiary/aromatic N) is 2. The van der Waals surface area contributed by atoms with Crippen molar-refractivity contribution in [1.29, 1.82) is 0 Å². The second-order valence-corrected chi connectivity index (χ2v) is 8.45. The van der Waals surface area contributed by atoms with E-state index in [0.717, 1.165) is 11.1 Å². The molecule has 0 saturated heterocycles. The van der Waals surface area contributed by atoms with Gasteiger partial charge in [0.1, 0.15) is 0 Å². The summed E-state index contributed by atoms with van der Waals surface area (Å²) in [7, 11) is -1.98. The molecule has 0 saturated carbocycles. The average Bonchev–Trinajstić information content (AvgIpc) is 3.12. The lowest BCUT2D eigenvalue weighted by molar-refractivity contribution is 0.0998. The Labute approximate surface area is 168 Å². The van der Waals surface area contributed by atoms with E-state index in [9.17, 15) is 13.2 Å². The fourth-order valence-electron chi connectivity index (χ4n) is 3.21. The second kappa shape index (κ2) is 7.62. The lowest BCUT2D eigenvalue weighted by Crippen LogP contribution is -2.29. The molecule has 0 unspecified atom stereocenters. The van der Waals surface area contributed by atoms with Crippen LogP contribution in [0.4, 0.5) is 0 Å². The molecule has 4 rings (SSSR count). The summed E-state index contributed by atoms with van der Waals surface area (Å²) in [5.74, 6) is -0.319. The molecule has 1 N–H and O–H groups in total. The first kappa shape index (κ1) is 19.0. The zero-order valence-electron chi connectivity index (χ0n) is 15.7. The number of benzene rings is 3. The molecule has 0 bridgehead atoms. The number of Topliss-reactive ketones (excluding diaryl/α,β-unsaturated/α-hetero) is 1. The first-order valence-corrected chi connectivity index (χ1v) is 10.5. The Morgan fingerprint density at radius 3 is 2.31 bits per heavy atom. The van der Waals surface area contributed by atoms with Crippen LogP contribution in [0.15, 0.2) is 83.9 Å². The molecule has 0 aliphatic rings. The van der Waals surface area contributed by atoms with Gasteiger partial charge in [-0.1, -0.05) is 48.5 Å². The smallest absolute Gasteiger partial charge is 0.240 e. The molecule has 29 heavy (non-hydrogen) atoms. The van der Waals surface area contributed by atoms with Crippen molar-refractivity contribution in [3.63, 3.8) is 0 Å². The molecule has 7 heteroatoms. The van der Waals surface area contributed by atoms with Crippen molar-refractivity contribution in [3.05, 3.63) is 84.6 Å². The van der Waals surface area contributed by atoms with Crippen LogP contribution in [-0.2, 0) is 17.1 Å². The largest absolute Gasteiger partial charge is 0.293 e. The number of sulfonamides is 1. The van der Waals surface area contributed by atoms with E-state index in [-0.39, 0.29) is 17.2 Å². The molecule has 0 spiro atoms. The summed E-state index contributed by atoms with van der Waals surface area (Å²) in [4.78, 5) is 13.1. The lowest BCUT2D eigenvalue weighted by Gasteiger charge is -2.09. The van der Waals surface area contributed by atoms with Crippen LogP contribution in [0, 0.1) is 0 Å². The highest BCUT2D eigenvalue weighted by molar-refractivity contribution is 7.89. The fourth-order valence-corrected chi connectivity index (χ4v) is 4.21. The van der Waals surface area contributed by atoms with Crippen molar-refractivity contribution in [2.45, 2.75) is 4.90 Å². The predicted octanol–water partition coefficient (Wildman–Crippen LogP) is 3.40. The Hall–Kier alpha value is -3.29. The molecule has 4 aromatic rings. The van der Waals surface area contributed by atoms with Gasteiger partial charge in [-0.05, 0) is 35.4 Å². The van der Waals surface area contributed by atoms with Crippen LogP contribution in [0.5, 0.6) is 0 Å². The zero-order chi connectivity index (χ0) is 20.4. The number of ketones is 1. The quantitative estimate of drug-likeness (QED) is 0.499. The number of hydrogen-bond donors (Lipinski definition) is 1. The van der Waals surface area contributed by atoms with Gasteiger partial charge in [0.25, 0.3) is 0 Å². The molecule has 0 atom stereocenters. The minimum Gasteiger partial charge on any atom is -0.293 e. The second-order valence-electron chi connectivity index (χ2n) is 6.69. The molecule has 1 heterocycles. The first-order valence-electron chi connectivity index (χ1n) is 9.05. The molecule has 0 aliphatic heterocycles. The van der Waals surface area contributed by atoms with Gasteiger partial charge in [-0.15, -0.1) is 0 Å². The van der Waals surface area contributed by atoms with Crippen LogP contribution >= 0.6 is 0 Å². The summed E-state index contributed by atoms with van der Waals surface area (Å²) in [6, 6.07) is 21.4. The monoisotopic (exact) mass is 405 g/mol. The van der Waals surface area contributed by atoms with Gasteiger partial charge in [0.05, 0.1) is 17.0 Å². The van der Waals surface area contributed by atoms with Crippen LogP contribution in [0.3, 0.4) is 0 Å². The Balaban J connectivity index is 1.68. The van der Waals surface area contributed by atoms with Gasteiger partial charge < -0.3 is 0 Å². The molecule has 0 aliphatic carbocycles. The van der Waals surface area contributed by atoms with Gasteiger partial charge in [-0.2, -0.15) is 5.10 Å². The number of nitrogens with one attached hydrogen (secondary N) is 1. The van der Waals surface area contributed by atoms with E-state index in [4.69, 9.17) is 0 Å². The van der Waals surface area contributed by atoms with E-state index in [1.165, 1.54) is 12.1 Å². The van der Waals surface area contributed by atoms with Gasteiger partial charge in [0.2, 0.25) is 10.0 Å². The number of fused-ring (bicyclic) bond motifs is 1. The van der Waals surface area contributed by atoms with Crippen LogP contribution in [0.2, 0.25) is 0 Å². The van der Waals surface area contributed by atoms with Crippen LogP contribution in [0.1, 0.15) is 10.4 Å². The van der Waals surface area contributed by atoms with Crippen LogP contribution in [-0.4, -0.2) is 30.5 Å². The number of hydrogen-bond acceptors (Lipinski definition) is 4. The maximum atomic E-state index is 13.0. The van der Waals surface area contributed by atoms with Gasteiger partial charge >= 0.3 is 0 Å². The summed E-state index contributed by atoms with van der Waals surface area (Å²) in [5, 5.41) is 5.12. The van der Waals surface area contributed by atoms with E-state index < -0.39 is 10.0 Å². The van der Waals surface area contributed by atoms with Crippen molar-refractivity contribution in [2.24, 2.45) is 7.05 Å². The van der Waals surface area contributed by atoms with Crippen molar-refractivity contribution >= 4 is 26.7 Å². The third kappa shape index (κ3) is 3.96. The molecular formula is C22H19N3O3S. The van der Waals surface area contributed by atoms with Crippen molar-refractivity contribution in [3.8, 4) is 11.1 Å². The SMILES string of the molecule is Cn1cc2c(C(=O)CNS(=O)(=O)c3ccccc3)cc(-c3ccccc3)cc2n1. The molecule has 146 valence electrons. The average molecular weight is 405 g/mol. The van der Waals surface area contributed by atoms with E-state index in [0.29, 0.717) is 16.5 Å². The maximum absolute atomic E-state index is 13.0. The Morgan fingerprint density at radius 2 is 1.62 bits per heavy atom. The summed E-state index contributed by atoms with van der Waals surface area (Å²) >= 11 is 0. The summed E-state index contributed by atoms with van der Waals surface area (Å²) < 4.78 is 28.9. The third-order valence-electron chi connectivity index (χ3n) is 4.62. The zero-order valence-corrected chi connectivity index (χ0v) is 16.6. The minimum absolute atomic E-state index is 0.123. The summed E-state index contributed by atoms with van der Waals surface area (Å²) in [5.41, 5.74) is 2.93. The van der Waals surface area contributed by atoms with E-state index in [1.54, 1.807) is 42.2 Å². The molecule has 1 aromatic heterocycles. The highest BCUT2D eigenvalue weighted by atomic mass is 32.2. The number of rotatable bonds is 6. The van der Waals surface area contributed by atoms with E-state index >= 15 is 0 Å². The predicted molar refractivity (Wildman–Crippen MR) is 112 cm³/mol. The van der Waals surface area contributed by atoms with Crippen molar-refractivity contribution < 1.29 is 13.2 Å². The first-order chi connectivity index (χ1) is 13.9. The lowest BCUT2D eigenvalue weighted by atomic mass is 9.98. The normalized spacial score (nSPS) is 11.6. The molecular weight excluding hydrogens is 386 g/mol. The van der Waals surface area contributed by atoms with Gasteiger partial charge in [0.15, 0.2) is 5.78 Å². The molecule has 0 amide bonds. The van der Waals surface area contributed by atoms with Gasteiger partial charge in [-0.25, -0.2) is 13.1 Å². The van der Waals surface area contributed by atoms with Crippen LogP contribution in [0.25, 0.3) is 22.0 Å². The van der Waals surface area contributed by atoms with Crippen LogP contribution < -0.4 is 4.72 Å². The van der Waals surface area contributed by atoms with Gasteiger partial charge in [0, 0.05) is 24.2 Å². The Kier molecular flexibility index (Phi) is 5.00. The fraction of sp³-hybridized carbons (Fsp3) is 0.0909. The highest BCUT2D eigenvalue weighted by Gasteiger charge is 2.19. The molecule has 0 fully saturated rings. The molecule has 0 radical (unpaired) electrons. The minimum atomic E-state index is -3.77. The van der Waals surface area contributed by atoms with Crippen molar-refractivity contribution in [2.75, 3.05) is 6.54 Å². The number of aromatic nitrogens is 2. The van der Waals surface area contributed by atoms with Crippen molar-refractivity contribution in [1.82, 2.24) is 14.5 Å². The number of carbonyl (C=O) groups excluding carboxylic acids is 1. The number of aryl methyl sites for hydroxylation is 1. The Bertz CT molecular complexity index is 1280. The molecule has 3 aromatic carbocycles. The topological polar surface area (TPSA) is 81.1 Å². The Morgan fingerprint density at radius 1 is 0.966 bits per heavy atom. The highest BCUT2D eigenvalue weighted by Crippen LogP contribution is 2.27. The van der Waals surface area contributed by atoms with E-state index in [1.807, 2.05) is 36.4 Å². The maximum Gasteiger partial charge on any atom is 0.240 e. The standard InChI is InChI=1S/C22H19N3O3S/c1-25-15-20-19(12-17(13-21(20)24-25)16-8-4-2-5-9-16)22(26)14-23-29(27,28)18-10-6-3-7-11-18/h2-13,15,23H,14H2,1H3. The van der Waals surface area contributed by atoms with E-state index in [2.05, 4.69) is 9.82 Å². The number of carbonyl (C=O) groups is 1. The summed E-state index contributed by atoms with van der Waals surface area (Å²) in [6.45, 7) is -0.334. The van der Waals surface area contributed by atoms with Gasteiger partial charge in [-0.3, -0.25) is 9.48 Å². The molecule has 6 nitrogen and oxygen atoms in total. The third-order valence-corrected chi connectivity index (χ3v) is 6.04.